The summed E-state index contributed by atoms with van der Waals surface area (Å²) in [7, 11) is 0. The number of benzene rings is 1. The first-order chi connectivity index (χ1) is 14.3. The monoisotopic (exact) mass is 438 g/mol. The first-order valence-corrected chi connectivity index (χ1v) is 12.0. The molecule has 3 heterocycles. The fraction of sp³-hybridized carbons (Fsp3) is 0.655. The van der Waals surface area contributed by atoms with Crippen LogP contribution >= 0.6 is 0 Å². The zero-order valence-corrected chi connectivity index (χ0v) is 22.7. The molecule has 0 amide bonds. The predicted octanol–water partition coefficient (Wildman–Crippen LogP) is 8.09. The molecule has 4 rings (SSSR count). The molecule has 3 heteroatoms. The zero-order chi connectivity index (χ0) is 24.4. The lowest BCUT2D eigenvalue weighted by atomic mass is 9.54. The second kappa shape index (κ2) is 6.15. The third-order valence-electron chi connectivity index (χ3n) is 9.81. The van der Waals surface area contributed by atoms with Gasteiger partial charge in [0.05, 0.1) is 11.1 Å². The Morgan fingerprint density at radius 3 is 1.31 bits per heavy atom. The van der Waals surface area contributed by atoms with Crippen LogP contribution in [-0.2, 0) is 5.41 Å². The third kappa shape index (κ3) is 2.60. The fourth-order valence-electron chi connectivity index (χ4n) is 5.63. The van der Waals surface area contributed by atoms with Crippen molar-refractivity contribution in [3.8, 4) is 17.2 Å². The predicted molar refractivity (Wildman–Crippen MR) is 134 cm³/mol. The summed E-state index contributed by atoms with van der Waals surface area (Å²) in [5.74, 6) is 2.78. The molecule has 0 radical (unpaired) electrons. The highest BCUT2D eigenvalue weighted by molar-refractivity contribution is 5.91. The topological polar surface area (TPSA) is 27.7 Å². The Labute approximate surface area is 195 Å². The summed E-state index contributed by atoms with van der Waals surface area (Å²) in [6.45, 7) is 31.2. The smallest absolute Gasteiger partial charge is 0.143 e. The molecule has 0 saturated heterocycles. The number of allylic oxidation sites excluding steroid dienone is 2. The van der Waals surface area contributed by atoms with Crippen LogP contribution in [0.25, 0.3) is 11.1 Å². The number of hydrogen-bond acceptors (Lipinski definition) is 3. The van der Waals surface area contributed by atoms with E-state index in [1.54, 1.807) is 0 Å². The first-order valence-electron chi connectivity index (χ1n) is 12.0. The van der Waals surface area contributed by atoms with Gasteiger partial charge >= 0.3 is 0 Å². The van der Waals surface area contributed by atoms with Gasteiger partial charge in [-0.3, -0.25) is 0 Å². The van der Waals surface area contributed by atoms with Gasteiger partial charge in [-0.2, -0.15) is 0 Å². The van der Waals surface area contributed by atoms with Crippen molar-refractivity contribution < 1.29 is 14.2 Å². The number of ether oxygens (including phenoxy) is 3. The molecular formula is C29H42O3. The van der Waals surface area contributed by atoms with E-state index in [2.05, 4.69) is 96.9 Å². The minimum atomic E-state index is -0.392. The van der Waals surface area contributed by atoms with Gasteiger partial charge in [-0.15, -0.1) is 0 Å². The average molecular weight is 439 g/mol. The number of fused-ring (bicyclic) bond motifs is 6. The molecule has 32 heavy (non-hydrogen) atoms. The van der Waals surface area contributed by atoms with E-state index in [4.69, 9.17) is 14.2 Å². The Hall–Kier alpha value is -1.90. The van der Waals surface area contributed by atoms with Crippen molar-refractivity contribution in [2.75, 3.05) is 0 Å². The molecule has 3 aliphatic rings. The average Bonchev–Trinajstić information content (AvgIpc) is 2.62. The number of rotatable bonds is 0. The normalized spacial score (nSPS) is 25.7. The van der Waals surface area contributed by atoms with E-state index >= 15 is 0 Å². The summed E-state index contributed by atoms with van der Waals surface area (Å²) in [5.41, 5.74) is 6.89. The lowest BCUT2D eigenvalue weighted by Gasteiger charge is -2.57. The van der Waals surface area contributed by atoms with Crippen LogP contribution in [0.1, 0.15) is 114 Å². The van der Waals surface area contributed by atoms with Gasteiger partial charge < -0.3 is 14.2 Å². The molecule has 3 nitrogen and oxygen atoms in total. The molecule has 0 N–H and O–H groups in total. The largest absolute Gasteiger partial charge is 0.486 e. The molecule has 0 atom stereocenters. The molecular weight excluding hydrogens is 396 g/mol. The Bertz CT molecular complexity index is 1100. The van der Waals surface area contributed by atoms with Gasteiger partial charge in [0.25, 0.3) is 0 Å². The van der Waals surface area contributed by atoms with Crippen LogP contribution in [0.4, 0.5) is 0 Å². The zero-order valence-electron chi connectivity index (χ0n) is 22.7. The van der Waals surface area contributed by atoms with Crippen LogP contribution < -0.4 is 14.2 Å². The van der Waals surface area contributed by atoms with Gasteiger partial charge in [-0.05, 0) is 91.5 Å². The highest BCUT2D eigenvalue weighted by Gasteiger charge is 2.58. The van der Waals surface area contributed by atoms with Crippen LogP contribution in [0.3, 0.4) is 0 Å². The van der Waals surface area contributed by atoms with E-state index in [1.165, 1.54) is 27.9 Å². The summed E-state index contributed by atoms with van der Waals surface area (Å²) in [5, 5.41) is 0. The molecule has 0 aliphatic carbocycles. The molecule has 176 valence electrons. The molecule has 0 fully saturated rings. The molecule has 1 aromatic carbocycles. The van der Waals surface area contributed by atoms with E-state index in [1.807, 2.05) is 0 Å². The van der Waals surface area contributed by atoms with Crippen LogP contribution in [0.5, 0.6) is 17.2 Å². The van der Waals surface area contributed by atoms with Crippen LogP contribution in [0.2, 0.25) is 0 Å². The van der Waals surface area contributed by atoms with Gasteiger partial charge in [-0.1, -0.05) is 27.7 Å². The van der Waals surface area contributed by atoms with Crippen molar-refractivity contribution in [3.63, 3.8) is 0 Å². The van der Waals surface area contributed by atoms with Crippen molar-refractivity contribution in [2.24, 2.45) is 5.41 Å². The van der Waals surface area contributed by atoms with E-state index < -0.39 is 5.60 Å². The highest BCUT2D eigenvalue weighted by atomic mass is 16.5. The maximum absolute atomic E-state index is 6.94. The quantitative estimate of drug-likeness (QED) is 0.409. The van der Waals surface area contributed by atoms with Crippen molar-refractivity contribution in [2.45, 2.75) is 119 Å². The van der Waals surface area contributed by atoms with Crippen molar-refractivity contribution in [1.29, 1.82) is 0 Å². The summed E-state index contributed by atoms with van der Waals surface area (Å²) in [6, 6.07) is 0. The van der Waals surface area contributed by atoms with Crippen molar-refractivity contribution in [1.82, 2.24) is 0 Å². The number of hydrogen-bond donors (Lipinski definition) is 0. The van der Waals surface area contributed by atoms with Crippen LogP contribution in [0.15, 0.2) is 11.1 Å². The van der Waals surface area contributed by atoms with Gasteiger partial charge in [0.2, 0.25) is 0 Å². The fourth-order valence-corrected chi connectivity index (χ4v) is 5.63. The first kappa shape index (κ1) is 23.3. The van der Waals surface area contributed by atoms with Crippen LogP contribution in [0, 0.1) is 5.41 Å². The maximum atomic E-state index is 6.94. The summed E-state index contributed by atoms with van der Waals surface area (Å²) >= 11 is 0. The van der Waals surface area contributed by atoms with Gasteiger partial charge in [-0.25, -0.2) is 0 Å². The SMILES string of the molecule is CC1=C(C)C(C)(C)Oc2c1c1c(c3c2C(C)=C(C)C(C)(C)O3)C(C)(C)C(C)(C)C(C)(C)O1. The maximum Gasteiger partial charge on any atom is 0.143 e. The second-order valence-electron chi connectivity index (χ2n) is 12.7. The summed E-state index contributed by atoms with van der Waals surface area (Å²) in [4.78, 5) is 0. The third-order valence-corrected chi connectivity index (χ3v) is 9.81. The van der Waals surface area contributed by atoms with E-state index in [0.717, 1.165) is 28.4 Å². The Kier molecular flexibility index (Phi) is 4.47. The standard InChI is InChI=1S/C29H42O3/c1-15-18(4)27(9,10)31-23-19(15)22-20(16(2)17(3)26(7,8)30-22)24-21(23)25(5,6)28(11,12)29(13,14)32-24/h1-14H3. The van der Waals surface area contributed by atoms with Gasteiger partial charge in [0.1, 0.15) is 34.1 Å². The molecule has 0 bridgehead atoms. The Balaban J connectivity index is 2.26. The Morgan fingerprint density at radius 1 is 0.500 bits per heavy atom. The lowest BCUT2D eigenvalue weighted by Crippen LogP contribution is -2.58. The van der Waals surface area contributed by atoms with Crippen molar-refractivity contribution in [3.05, 3.63) is 27.8 Å². The molecule has 0 saturated carbocycles. The minimum Gasteiger partial charge on any atom is -0.486 e. The summed E-state index contributed by atoms with van der Waals surface area (Å²) in [6.07, 6.45) is 0. The van der Waals surface area contributed by atoms with E-state index in [-0.39, 0.29) is 22.0 Å². The van der Waals surface area contributed by atoms with E-state index in [9.17, 15) is 0 Å². The van der Waals surface area contributed by atoms with E-state index in [0.29, 0.717) is 0 Å². The molecule has 0 unspecified atom stereocenters. The molecule has 1 aromatic rings. The molecule has 0 spiro atoms. The summed E-state index contributed by atoms with van der Waals surface area (Å²) < 4.78 is 20.6. The molecule has 0 aromatic heterocycles. The minimum absolute atomic E-state index is 0.131. The van der Waals surface area contributed by atoms with Crippen molar-refractivity contribution >= 4 is 11.1 Å². The van der Waals surface area contributed by atoms with Gasteiger partial charge in [0, 0.05) is 16.4 Å². The van der Waals surface area contributed by atoms with Gasteiger partial charge in [0.15, 0.2) is 0 Å². The Morgan fingerprint density at radius 2 is 0.875 bits per heavy atom. The second-order valence-corrected chi connectivity index (χ2v) is 12.7. The highest BCUT2D eigenvalue weighted by Crippen LogP contribution is 2.66. The lowest BCUT2D eigenvalue weighted by molar-refractivity contribution is -0.0766. The molecule has 3 aliphatic heterocycles. The van der Waals surface area contributed by atoms with Crippen LogP contribution in [-0.4, -0.2) is 16.8 Å².